The number of esters is 1. The molecule has 158 valence electrons. The van der Waals surface area contributed by atoms with Gasteiger partial charge in [-0.3, -0.25) is 13.8 Å². The largest absolute Gasteiger partial charge is 0.489 e. The van der Waals surface area contributed by atoms with Crippen molar-refractivity contribution < 1.29 is 19.0 Å². The summed E-state index contributed by atoms with van der Waals surface area (Å²) < 4.78 is 19.8. The molecule has 0 saturated carbocycles. The number of fused-ring (bicyclic) bond motifs is 4. The van der Waals surface area contributed by atoms with Gasteiger partial charge in [0, 0.05) is 13.5 Å². The summed E-state index contributed by atoms with van der Waals surface area (Å²) in [5, 5.41) is 9.00. The lowest BCUT2D eigenvalue weighted by Gasteiger charge is -2.11. The van der Waals surface area contributed by atoms with E-state index in [0.29, 0.717) is 47.2 Å². The van der Waals surface area contributed by atoms with E-state index in [2.05, 4.69) is 10.2 Å². The summed E-state index contributed by atoms with van der Waals surface area (Å²) in [6, 6.07) is 10.2. The lowest BCUT2D eigenvalue weighted by molar-refractivity contribution is 0.0461. The van der Waals surface area contributed by atoms with Crippen LogP contribution in [0.3, 0.4) is 0 Å². The molecule has 0 aliphatic carbocycles. The van der Waals surface area contributed by atoms with Crippen LogP contribution in [0.5, 0.6) is 11.5 Å². The zero-order chi connectivity index (χ0) is 21.5. The molecule has 2 aromatic heterocycles. The molecular weight excluding hydrogens is 424 g/mol. The first-order chi connectivity index (χ1) is 15.0. The number of carbonyl (C=O) groups is 1. The molecule has 1 aliphatic heterocycles. The van der Waals surface area contributed by atoms with Crippen molar-refractivity contribution in [2.75, 3.05) is 13.2 Å². The van der Waals surface area contributed by atoms with Crippen LogP contribution < -0.4 is 15.0 Å². The van der Waals surface area contributed by atoms with Gasteiger partial charge >= 0.3 is 5.97 Å². The number of ether oxygens (including phenoxy) is 3. The minimum Gasteiger partial charge on any atom is -0.489 e. The Balaban J connectivity index is 1.47. The number of halogens is 1. The highest BCUT2D eigenvalue weighted by molar-refractivity contribution is 6.32. The van der Waals surface area contributed by atoms with Crippen molar-refractivity contribution >= 4 is 34.3 Å². The molecule has 4 aromatic rings. The molecule has 0 atom stereocenters. The molecular formula is C21H17ClN4O5. The fraction of sp³-hybridized carbons (Fsp3) is 0.238. The van der Waals surface area contributed by atoms with Crippen molar-refractivity contribution in [3.8, 4) is 11.5 Å². The Morgan fingerprint density at radius 3 is 2.87 bits per heavy atom. The summed E-state index contributed by atoms with van der Waals surface area (Å²) in [6.07, 6.45) is 0.723. The number of aryl methyl sites for hydroxylation is 1. The number of para-hydroxylation sites is 1. The van der Waals surface area contributed by atoms with Crippen LogP contribution in [0.15, 0.2) is 41.2 Å². The van der Waals surface area contributed by atoms with E-state index in [-0.39, 0.29) is 22.8 Å². The van der Waals surface area contributed by atoms with Crippen LogP contribution in [-0.2, 0) is 18.4 Å². The van der Waals surface area contributed by atoms with Gasteiger partial charge in [0.25, 0.3) is 5.56 Å². The van der Waals surface area contributed by atoms with Gasteiger partial charge in [0.15, 0.2) is 23.9 Å². The SMILES string of the molecule is Cn1c(=O)c2ccccc2n2c(COC(=O)c3cc(Cl)c4c(c3)OCCCO4)nnc12. The van der Waals surface area contributed by atoms with E-state index in [4.69, 9.17) is 25.8 Å². The van der Waals surface area contributed by atoms with Crippen LogP contribution in [0, 0.1) is 0 Å². The predicted molar refractivity (Wildman–Crippen MR) is 112 cm³/mol. The fourth-order valence-electron chi connectivity index (χ4n) is 3.55. The lowest BCUT2D eigenvalue weighted by Crippen LogP contribution is -2.20. The molecule has 0 saturated heterocycles. The minimum absolute atomic E-state index is 0.145. The predicted octanol–water partition coefficient (Wildman–Crippen LogP) is 2.75. The van der Waals surface area contributed by atoms with Crippen molar-refractivity contribution in [2.45, 2.75) is 13.0 Å². The van der Waals surface area contributed by atoms with Crippen LogP contribution in [-0.4, -0.2) is 38.3 Å². The molecule has 0 N–H and O–H groups in total. The van der Waals surface area contributed by atoms with Gasteiger partial charge in [-0.05, 0) is 24.3 Å². The molecule has 0 radical (unpaired) electrons. The molecule has 3 heterocycles. The Bertz CT molecular complexity index is 1390. The maximum atomic E-state index is 12.7. The minimum atomic E-state index is -0.594. The standard InChI is InChI=1S/C21H17ClN4O5/c1-25-19(27)13-5-2-3-6-15(13)26-17(23-24-21(25)26)11-31-20(28)12-9-14(22)18-16(10-12)29-7-4-8-30-18/h2-3,5-6,9-10H,4,7-8,11H2,1H3. The number of carbonyl (C=O) groups excluding carboxylic acids is 1. The number of benzene rings is 2. The van der Waals surface area contributed by atoms with Crippen LogP contribution in [0.4, 0.5) is 0 Å². The molecule has 10 heteroatoms. The van der Waals surface area contributed by atoms with Crippen LogP contribution in [0.2, 0.25) is 5.02 Å². The second kappa shape index (κ2) is 7.59. The second-order valence-electron chi connectivity index (χ2n) is 7.04. The molecule has 5 rings (SSSR count). The van der Waals surface area contributed by atoms with Crippen molar-refractivity contribution in [2.24, 2.45) is 7.05 Å². The van der Waals surface area contributed by atoms with E-state index in [1.165, 1.54) is 10.6 Å². The second-order valence-corrected chi connectivity index (χ2v) is 7.45. The molecule has 0 unspecified atom stereocenters. The quantitative estimate of drug-likeness (QED) is 0.452. The summed E-state index contributed by atoms with van der Waals surface area (Å²) in [7, 11) is 1.62. The first kappa shape index (κ1) is 19.4. The van der Waals surface area contributed by atoms with Crippen molar-refractivity contribution in [1.82, 2.24) is 19.2 Å². The van der Waals surface area contributed by atoms with Gasteiger partial charge in [0.05, 0.1) is 34.7 Å². The third-order valence-corrected chi connectivity index (χ3v) is 5.34. The number of nitrogens with zero attached hydrogens (tertiary/aromatic N) is 4. The summed E-state index contributed by atoms with van der Waals surface area (Å²) in [6.45, 7) is 0.820. The molecule has 9 nitrogen and oxygen atoms in total. The first-order valence-electron chi connectivity index (χ1n) is 9.62. The third-order valence-electron chi connectivity index (χ3n) is 5.06. The van der Waals surface area contributed by atoms with Gasteiger partial charge < -0.3 is 14.2 Å². The average molecular weight is 441 g/mol. The zero-order valence-electron chi connectivity index (χ0n) is 16.5. The molecule has 0 amide bonds. The Labute approximate surface area is 180 Å². The lowest BCUT2D eigenvalue weighted by atomic mass is 10.2. The maximum Gasteiger partial charge on any atom is 0.338 e. The van der Waals surface area contributed by atoms with E-state index in [0.717, 1.165) is 6.42 Å². The average Bonchev–Trinajstić information content (AvgIpc) is 3.05. The van der Waals surface area contributed by atoms with Crippen LogP contribution in [0.1, 0.15) is 22.6 Å². The Kier molecular flexibility index (Phi) is 4.74. The van der Waals surface area contributed by atoms with E-state index in [9.17, 15) is 9.59 Å². The van der Waals surface area contributed by atoms with Gasteiger partial charge in [-0.2, -0.15) is 0 Å². The van der Waals surface area contributed by atoms with E-state index in [1.807, 2.05) is 6.07 Å². The Morgan fingerprint density at radius 2 is 2.00 bits per heavy atom. The monoisotopic (exact) mass is 440 g/mol. The summed E-state index contributed by atoms with van der Waals surface area (Å²) >= 11 is 6.27. The van der Waals surface area contributed by atoms with Crippen molar-refractivity contribution in [3.05, 3.63) is 63.2 Å². The van der Waals surface area contributed by atoms with E-state index < -0.39 is 5.97 Å². The van der Waals surface area contributed by atoms with Gasteiger partial charge in [-0.1, -0.05) is 23.7 Å². The van der Waals surface area contributed by atoms with Gasteiger partial charge in [0.1, 0.15) is 0 Å². The Hall–Kier alpha value is -3.59. The fourth-order valence-corrected chi connectivity index (χ4v) is 3.81. The summed E-state index contributed by atoms with van der Waals surface area (Å²) in [4.78, 5) is 25.2. The van der Waals surface area contributed by atoms with Gasteiger partial charge in [-0.25, -0.2) is 4.79 Å². The molecule has 0 bridgehead atoms. The summed E-state index contributed by atoms with van der Waals surface area (Å²) in [5.74, 6) is 0.977. The first-order valence-corrected chi connectivity index (χ1v) is 10.0. The number of aromatic nitrogens is 4. The van der Waals surface area contributed by atoms with Crippen molar-refractivity contribution in [3.63, 3.8) is 0 Å². The smallest absolute Gasteiger partial charge is 0.338 e. The normalized spacial score (nSPS) is 13.4. The highest BCUT2D eigenvalue weighted by Crippen LogP contribution is 2.38. The third kappa shape index (κ3) is 3.27. The number of hydrogen-bond acceptors (Lipinski definition) is 7. The molecule has 2 aromatic carbocycles. The zero-order valence-corrected chi connectivity index (χ0v) is 17.3. The highest BCUT2D eigenvalue weighted by Gasteiger charge is 2.21. The molecule has 0 fully saturated rings. The molecule has 31 heavy (non-hydrogen) atoms. The summed E-state index contributed by atoms with van der Waals surface area (Å²) in [5.41, 5.74) is 0.691. The molecule has 0 spiro atoms. The topological polar surface area (TPSA) is 97.0 Å². The highest BCUT2D eigenvalue weighted by atomic mass is 35.5. The van der Waals surface area contributed by atoms with E-state index in [1.54, 1.807) is 35.7 Å². The van der Waals surface area contributed by atoms with E-state index >= 15 is 0 Å². The Morgan fingerprint density at radius 1 is 1.19 bits per heavy atom. The molecule has 1 aliphatic rings. The van der Waals surface area contributed by atoms with Gasteiger partial charge in [0.2, 0.25) is 5.78 Å². The van der Waals surface area contributed by atoms with Crippen molar-refractivity contribution in [1.29, 1.82) is 0 Å². The van der Waals surface area contributed by atoms with Crippen LogP contribution >= 0.6 is 11.6 Å². The maximum absolute atomic E-state index is 12.7. The number of hydrogen-bond donors (Lipinski definition) is 0. The van der Waals surface area contributed by atoms with Crippen LogP contribution in [0.25, 0.3) is 16.7 Å². The number of rotatable bonds is 3. The van der Waals surface area contributed by atoms with Gasteiger partial charge in [-0.15, -0.1) is 10.2 Å².